The van der Waals surface area contributed by atoms with Crippen molar-refractivity contribution in [1.82, 2.24) is 15.6 Å². The van der Waals surface area contributed by atoms with Crippen LogP contribution in [0.4, 0.5) is 0 Å². The zero-order valence-electron chi connectivity index (χ0n) is 16.2. The van der Waals surface area contributed by atoms with Gasteiger partial charge < -0.3 is 19.8 Å². The van der Waals surface area contributed by atoms with E-state index in [1.807, 2.05) is 32.0 Å². The maximum Gasteiger partial charge on any atom is 0.214 e. The molecule has 1 fully saturated rings. The highest BCUT2D eigenvalue weighted by molar-refractivity contribution is 14.0. The molecule has 7 heteroatoms. The first-order valence-electron chi connectivity index (χ1n) is 9.27. The molecule has 0 aliphatic heterocycles. The van der Waals surface area contributed by atoms with Gasteiger partial charge in [-0.15, -0.1) is 24.0 Å². The van der Waals surface area contributed by atoms with Crippen molar-refractivity contribution in [3.8, 4) is 5.75 Å². The van der Waals surface area contributed by atoms with Gasteiger partial charge in [-0.25, -0.2) is 4.98 Å². The van der Waals surface area contributed by atoms with Gasteiger partial charge in [0.15, 0.2) is 5.96 Å². The SMILES string of the molecule is CN=C(NCc1nc(C)c(C)o1)NCc1ccccc1OC1CCCC1.I. The highest BCUT2D eigenvalue weighted by Gasteiger charge is 2.17. The topological polar surface area (TPSA) is 71.7 Å². The summed E-state index contributed by atoms with van der Waals surface area (Å²) in [5.41, 5.74) is 2.05. The van der Waals surface area contributed by atoms with Crippen molar-refractivity contribution in [3.63, 3.8) is 0 Å². The molecule has 0 spiro atoms. The lowest BCUT2D eigenvalue weighted by Crippen LogP contribution is -2.36. The van der Waals surface area contributed by atoms with Crippen molar-refractivity contribution in [2.24, 2.45) is 4.99 Å². The number of aryl methyl sites for hydroxylation is 2. The van der Waals surface area contributed by atoms with Crippen molar-refractivity contribution in [3.05, 3.63) is 47.2 Å². The number of benzene rings is 1. The molecule has 2 N–H and O–H groups in total. The number of rotatable bonds is 6. The normalized spacial score (nSPS) is 14.7. The third-order valence-corrected chi connectivity index (χ3v) is 4.72. The van der Waals surface area contributed by atoms with Crippen LogP contribution >= 0.6 is 24.0 Å². The summed E-state index contributed by atoms with van der Waals surface area (Å²) in [4.78, 5) is 8.64. The van der Waals surface area contributed by atoms with Crippen molar-refractivity contribution in [2.75, 3.05) is 7.05 Å². The Hall–Kier alpha value is -1.77. The Morgan fingerprint density at radius 3 is 2.56 bits per heavy atom. The monoisotopic (exact) mass is 484 g/mol. The Morgan fingerprint density at radius 1 is 1.19 bits per heavy atom. The summed E-state index contributed by atoms with van der Waals surface area (Å²) in [5.74, 6) is 3.17. The molecular weight excluding hydrogens is 455 g/mol. The van der Waals surface area contributed by atoms with Crippen LogP contribution < -0.4 is 15.4 Å². The van der Waals surface area contributed by atoms with Gasteiger partial charge in [-0.3, -0.25) is 4.99 Å². The minimum absolute atomic E-state index is 0. The number of aromatic nitrogens is 1. The summed E-state index contributed by atoms with van der Waals surface area (Å²) < 4.78 is 11.8. The summed E-state index contributed by atoms with van der Waals surface area (Å²) >= 11 is 0. The van der Waals surface area contributed by atoms with Gasteiger partial charge in [0.25, 0.3) is 0 Å². The van der Waals surface area contributed by atoms with Gasteiger partial charge in [0.1, 0.15) is 11.5 Å². The van der Waals surface area contributed by atoms with Crippen molar-refractivity contribution in [2.45, 2.75) is 58.7 Å². The van der Waals surface area contributed by atoms with Crippen LogP contribution in [-0.2, 0) is 13.1 Å². The smallest absolute Gasteiger partial charge is 0.214 e. The Kier molecular flexibility index (Phi) is 8.40. The van der Waals surface area contributed by atoms with E-state index >= 15 is 0 Å². The molecular formula is C20H29IN4O2. The van der Waals surface area contributed by atoms with Crippen LogP contribution in [0.15, 0.2) is 33.7 Å². The van der Waals surface area contributed by atoms with E-state index in [1.165, 1.54) is 12.8 Å². The van der Waals surface area contributed by atoms with Crippen LogP contribution in [0, 0.1) is 13.8 Å². The lowest BCUT2D eigenvalue weighted by Gasteiger charge is -2.17. The summed E-state index contributed by atoms with van der Waals surface area (Å²) in [6, 6.07) is 8.19. The third kappa shape index (κ3) is 6.12. The molecule has 0 radical (unpaired) electrons. The Morgan fingerprint density at radius 2 is 1.89 bits per heavy atom. The van der Waals surface area contributed by atoms with E-state index in [0.717, 1.165) is 35.6 Å². The molecule has 1 aromatic heterocycles. The fraction of sp³-hybridized carbons (Fsp3) is 0.500. The van der Waals surface area contributed by atoms with E-state index in [-0.39, 0.29) is 24.0 Å². The average Bonchev–Trinajstić information content (AvgIpc) is 3.26. The third-order valence-electron chi connectivity index (χ3n) is 4.72. The molecule has 1 saturated carbocycles. The highest BCUT2D eigenvalue weighted by Crippen LogP contribution is 2.26. The molecule has 0 bridgehead atoms. The molecule has 2 aromatic rings. The summed E-state index contributed by atoms with van der Waals surface area (Å²) in [7, 11) is 1.75. The molecule has 0 atom stereocenters. The maximum absolute atomic E-state index is 6.19. The average molecular weight is 484 g/mol. The molecule has 1 aromatic carbocycles. The van der Waals surface area contributed by atoms with Gasteiger partial charge in [0.2, 0.25) is 5.89 Å². The van der Waals surface area contributed by atoms with Gasteiger partial charge >= 0.3 is 0 Å². The molecule has 3 rings (SSSR count). The minimum atomic E-state index is 0. The van der Waals surface area contributed by atoms with Gasteiger partial charge in [0, 0.05) is 19.2 Å². The zero-order chi connectivity index (χ0) is 18.4. The number of aliphatic imine (C=N–C) groups is 1. The first-order chi connectivity index (χ1) is 12.7. The predicted octanol–water partition coefficient (Wildman–Crippen LogP) is 4.10. The number of nitrogens with one attached hydrogen (secondary N) is 2. The van der Waals surface area contributed by atoms with Gasteiger partial charge in [-0.05, 0) is 45.6 Å². The van der Waals surface area contributed by atoms with E-state index in [1.54, 1.807) is 7.05 Å². The van der Waals surface area contributed by atoms with E-state index in [4.69, 9.17) is 9.15 Å². The lowest BCUT2D eigenvalue weighted by molar-refractivity contribution is 0.208. The zero-order valence-corrected chi connectivity index (χ0v) is 18.6. The second-order valence-corrected chi connectivity index (χ2v) is 6.66. The quantitative estimate of drug-likeness (QED) is 0.367. The van der Waals surface area contributed by atoms with E-state index in [2.05, 4.69) is 26.7 Å². The fourth-order valence-electron chi connectivity index (χ4n) is 3.12. The fourth-order valence-corrected chi connectivity index (χ4v) is 3.12. The number of ether oxygens (including phenoxy) is 1. The van der Waals surface area contributed by atoms with Gasteiger partial charge in [-0.1, -0.05) is 18.2 Å². The van der Waals surface area contributed by atoms with E-state index in [0.29, 0.717) is 31.0 Å². The van der Waals surface area contributed by atoms with Crippen LogP contribution in [-0.4, -0.2) is 24.1 Å². The number of guanidine groups is 1. The molecule has 0 amide bonds. The Balaban J connectivity index is 0.00000261. The lowest BCUT2D eigenvalue weighted by atomic mass is 10.2. The number of halogens is 1. The molecule has 6 nitrogen and oxygen atoms in total. The minimum Gasteiger partial charge on any atom is -0.490 e. The molecule has 1 heterocycles. The molecule has 27 heavy (non-hydrogen) atoms. The number of hydrogen-bond acceptors (Lipinski definition) is 4. The molecule has 1 aliphatic carbocycles. The van der Waals surface area contributed by atoms with Crippen LogP contribution in [0.5, 0.6) is 5.75 Å². The Labute approximate surface area is 178 Å². The first kappa shape index (κ1) is 21.5. The van der Waals surface area contributed by atoms with Crippen LogP contribution in [0.25, 0.3) is 0 Å². The predicted molar refractivity (Wildman–Crippen MR) is 118 cm³/mol. The number of hydrogen-bond donors (Lipinski definition) is 2. The largest absolute Gasteiger partial charge is 0.490 e. The number of para-hydroxylation sites is 1. The summed E-state index contributed by atoms with van der Waals surface area (Å²) in [6.07, 6.45) is 5.19. The van der Waals surface area contributed by atoms with E-state index < -0.39 is 0 Å². The Bertz CT molecular complexity index is 735. The van der Waals surface area contributed by atoms with Crippen LogP contribution in [0.3, 0.4) is 0 Å². The van der Waals surface area contributed by atoms with E-state index in [9.17, 15) is 0 Å². The van der Waals surface area contributed by atoms with Gasteiger partial charge in [0.05, 0.1) is 18.3 Å². The molecule has 148 valence electrons. The second-order valence-electron chi connectivity index (χ2n) is 6.66. The van der Waals surface area contributed by atoms with Crippen LogP contribution in [0.2, 0.25) is 0 Å². The van der Waals surface area contributed by atoms with Crippen molar-refractivity contribution >= 4 is 29.9 Å². The van der Waals surface area contributed by atoms with Gasteiger partial charge in [-0.2, -0.15) is 0 Å². The number of oxazole rings is 1. The first-order valence-corrected chi connectivity index (χ1v) is 9.27. The van der Waals surface area contributed by atoms with Crippen LogP contribution in [0.1, 0.15) is 48.6 Å². The molecule has 0 saturated heterocycles. The summed E-state index contributed by atoms with van der Waals surface area (Å²) in [6.45, 7) is 5.00. The highest BCUT2D eigenvalue weighted by atomic mass is 127. The standard InChI is InChI=1S/C20H28N4O2.HI/c1-14-15(2)25-19(24-14)13-23-20(21-3)22-12-16-8-4-7-11-18(16)26-17-9-5-6-10-17;/h4,7-8,11,17H,5-6,9-10,12-13H2,1-3H3,(H2,21,22,23);1H. The second kappa shape index (κ2) is 10.5. The summed E-state index contributed by atoms with van der Waals surface area (Å²) in [5, 5.41) is 6.56. The van der Waals surface area contributed by atoms with Crippen molar-refractivity contribution < 1.29 is 9.15 Å². The maximum atomic E-state index is 6.19. The number of nitrogens with zero attached hydrogens (tertiary/aromatic N) is 2. The van der Waals surface area contributed by atoms with Crippen molar-refractivity contribution in [1.29, 1.82) is 0 Å². The molecule has 0 unspecified atom stereocenters. The molecule has 1 aliphatic rings.